The molecule has 25 heavy (non-hydrogen) atoms. The maximum atomic E-state index is 13.2. The van der Waals surface area contributed by atoms with Gasteiger partial charge in [0.15, 0.2) is 0 Å². The average molecular weight is 352 g/mol. The molecule has 4 rings (SSSR count). The molecule has 5 heteroatoms. The number of anilines is 1. The van der Waals surface area contributed by atoms with Crippen LogP contribution in [0.25, 0.3) is 10.2 Å². The van der Waals surface area contributed by atoms with Crippen LogP contribution in [0.1, 0.15) is 33.8 Å². The minimum atomic E-state index is 0.0627. The van der Waals surface area contributed by atoms with Gasteiger partial charge in [-0.05, 0) is 44.9 Å². The fourth-order valence-electron chi connectivity index (χ4n) is 3.27. The number of nitrogens with zero attached hydrogens (tertiary/aromatic N) is 2. The predicted molar refractivity (Wildman–Crippen MR) is 102 cm³/mol. The lowest BCUT2D eigenvalue weighted by Gasteiger charge is -2.21. The molecule has 0 bridgehead atoms. The first kappa shape index (κ1) is 16.1. The summed E-state index contributed by atoms with van der Waals surface area (Å²) in [7, 11) is 1.66. The van der Waals surface area contributed by atoms with E-state index in [0.29, 0.717) is 6.04 Å². The van der Waals surface area contributed by atoms with Crippen LogP contribution in [-0.4, -0.2) is 24.0 Å². The van der Waals surface area contributed by atoms with Gasteiger partial charge in [0.1, 0.15) is 10.6 Å². The molecule has 0 saturated heterocycles. The Kier molecular flexibility index (Phi) is 3.96. The van der Waals surface area contributed by atoms with Crippen LogP contribution in [0, 0.1) is 13.8 Å². The highest BCUT2D eigenvalue weighted by atomic mass is 32.1. The number of amides is 1. The molecule has 4 nitrogen and oxygen atoms in total. The third-order valence-electron chi connectivity index (χ3n) is 4.64. The number of hydrogen-bond acceptors (Lipinski definition) is 4. The molecule has 0 N–H and O–H groups in total. The molecule has 0 aliphatic heterocycles. The van der Waals surface area contributed by atoms with Gasteiger partial charge in [-0.3, -0.25) is 4.79 Å². The highest BCUT2D eigenvalue weighted by Gasteiger charge is 2.35. The largest absolute Gasteiger partial charge is 0.495 e. The van der Waals surface area contributed by atoms with Crippen molar-refractivity contribution in [1.82, 2.24) is 4.98 Å². The summed E-state index contributed by atoms with van der Waals surface area (Å²) in [6, 6.07) is 12.2. The summed E-state index contributed by atoms with van der Waals surface area (Å²) < 4.78 is 5.47. The van der Waals surface area contributed by atoms with Gasteiger partial charge < -0.3 is 9.64 Å². The number of thiophene rings is 1. The zero-order valence-corrected chi connectivity index (χ0v) is 15.4. The van der Waals surface area contributed by atoms with Crippen LogP contribution in [0.3, 0.4) is 0 Å². The highest BCUT2D eigenvalue weighted by molar-refractivity contribution is 7.20. The van der Waals surface area contributed by atoms with Crippen LogP contribution >= 0.6 is 11.3 Å². The first-order chi connectivity index (χ1) is 12.1. The minimum absolute atomic E-state index is 0.0627. The van der Waals surface area contributed by atoms with E-state index in [-0.39, 0.29) is 5.91 Å². The van der Waals surface area contributed by atoms with Gasteiger partial charge in [-0.15, -0.1) is 11.3 Å². The number of carbonyl (C=O) groups is 1. The lowest BCUT2D eigenvalue weighted by Crippen LogP contribution is -2.32. The third-order valence-corrected chi connectivity index (χ3v) is 5.65. The Morgan fingerprint density at radius 3 is 2.60 bits per heavy atom. The zero-order valence-electron chi connectivity index (χ0n) is 14.6. The van der Waals surface area contributed by atoms with Crippen molar-refractivity contribution in [1.29, 1.82) is 0 Å². The number of para-hydroxylation sites is 1. The van der Waals surface area contributed by atoms with E-state index in [2.05, 4.69) is 4.98 Å². The molecule has 1 aliphatic carbocycles. The second kappa shape index (κ2) is 6.15. The third kappa shape index (κ3) is 2.78. The van der Waals surface area contributed by atoms with Gasteiger partial charge in [0.2, 0.25) is 0 Å². The first-order valence-electron chi connectivity index (χ1n) is 8.43. The van der Waals surface area contributed by atoms with Crippen LogP contribution in [0.4, 0.5) is 5.69 Å². The summed E-state index contributed by atoms with van der Waals surface area (Å²) in [5, 5.41) is 1.000. The molecule has 0 unspecified atom stereocenters. The molecule has 0 spiro atoms. The number of carbonyl (C=O) groups excluding carboxylic acids is 1. The van der Waals surface area contributed by atoms with Crippen molar-refractivity contribution in [2.45, 2.75) is 32.7 Å². The number of ether oxygens (including phenoxy) is 1. The maximum absolute atomic E-state index is 13.2. The van der Waals surface area contributed by atoms with E-state index in [1.807, 2.05) is 55.1 Å². The second-order valence-corrected chi connectivity index (χ2v) is 7.46. The Labute approximate surface area is 151 Å². The monoisotopic (exact) mass is 352 g/mol. The predicted octanol–water partition coefficient (Wildman–Crippen LogP) is 4.73. The van der Waals surface area contributed by atoms with Crippen LogP contribution < -0.4 is 9.64 Å². The van der Waals surface area contributed by atoms with Crippen molar-refractivity contribution in [3.8, 4) is 5.75 Å². The number of methoxy groups -OCH3 is 1. The SMILES string of the molecule is COc1c(C)nc2sc(C(=O)N(c3ccccc3)C3CC3)cc2c1C. The van der Waals surface area contributed by atoms with Gasteiger partial charge in [-0.25, -0.2) is 4.98 Å². The topological polar surface area (TPSA) is 42.4 Å². The standard InChI is InChI=1S/C20H20N2O2S/c1-12-16-11-17(25-19(16)21-13(2)18(12)24-3)20(23)22(15-9-10-15)14-7-5-4-6-8-14/h4-8,11,15H,9-10H2,1-3H3. The van der Waals surface area contributed by atoms with Gasteiger partial charge in [0, 0.05) is 22.7 Å². The smallest absolute Gasteiger partial charge is 0.268 e. The van der Waals surface area contributed by atoms with Gasteiger partial charge in [-0.2, -0.15) is 0 Å². The maximum Gasteiger partial charge on any atom is 0.268 e. The molecule has 1 fully saturated rings. The van der Waals surface area contributed by atoms with Gasteiger partial charge in [0.05, 0.1) is 17.7 Å². The minimum Gasteiger partial charge on any atom is -0.495 e. The van der Waals surface area contributed by atoms with Crippen molar-refractivity contribution in [2.24, 2.45) is 0 Å². The number of aromatic nitrogens is 1. The van der Waals surface area contributed by atoms with Gasteiger partial charge >= 0.3 is 0 Å². The highest BCUT2D eigenvalue weighted by Crippen LogP contribution is 2.37. The fourth-order valence-corrected chi connectivity index (χ4v) is 4.35. The summed E-state index contributed by atoms with van der Waals surface area (Å²) in [4.78, 5) is 21.4. The molecular weight excluding hydrogens is 332 g/mol. The van der Waals surface area contributed by atoms with Crippen LogP contribution in [0.5, 0.6) is 5.75 Å². The van der Waals surface area contributed by atoms with E-state index >= 15 is 0 Å². The van der Waals surface area contributed by atoms with Crippen molar-refractivity contribution in [3.63, 3.8) is 0 Å². The number of fused-ring (bicyclic) bond motifs is 1. The quantitative estimate of drug-likeness (QED) is 0.682. The van der Waals surface area contributed by atoms with Gasteiger partial charge in [-0.1, -0.05) is 18.2 Å². The van der Waals surface area contributed by atoms with E-state index in [1.165, 1.54) is 11.3 Å². The van der Waals surface area contributed by atoms with Crippen molar-refractivity contribution in [2.75, 3.05) is 12.0 Å². The second-order valence-electron chi connectivity index (χ2n) is 6.43. The molecular formula is C20H20N2O2S. The van der Waals surface area contributed by atoms with Crippen molar-refractivity contribution >= 4 is 33.1 Å². The van der Waals surface area contributed by atoms with E-state index < -0.39 is 0 Å². The molecule has 0 radical (unpaired) electrons. The van der Waals surface area contributed by atoms with Crippen LogP contribution in [-0.2, 0) is 0 Å². The van der Waals surface area contributed by atoms with E-state index in [1.54, 1.807) is 7.11 Å². The average Bonchev–Trinajstić information content (AvgIpc) is 3.34. The summed E-state index contributed by atoms with van der Waals surface area (Å²) in [6.07, 6.45) is 2.13. The lowest BCUT2D eigenvalue weighted by molar-refractivity contribution is 0.0989. The Bertz CT molecular complexity index is 945. The van der Waals surface area contributed by atoms with E-state index in [0.717, 1.165) is 50.6 Å². The Balaban J connectivity index is 1.78. The molecule has 1 amide bonds. The first-order valence-corrected chi connectivity index (χ1v) is 9.25. The number of hydrogen-bond donors (Lipinski definition) is 0. The fraction of sp³-hybridized carbons (Fsp3) is 0.300. The Morgan fingerprint density at radius 2 is 1.96 bits per heavy atom. The van der Waals surface area contributed by atoms with Crippen LogP contribution in [0.2, 0.25) is 0 Å². The molecule has 3 aromatic rings. The summed E-state index contributed by atoms with van der Waals surface area (Å²) in [5.74, 6) is 0.860. The van der Waals surface area contributed by atoms with Crippen molar-refractivity contribution in [3.05, 3.63) is 52.5 Å². The van der Waals surface area contributed by atoms with E-state index in [9.17, 15) is 4.79 Å². The summed E-state index contributed by atoms with van der Waals surface area (Å²) in [6.45, 7) is 3.96. The van der Waals surface area contributed by atoms with Gasteiger partial charge in [0.25, 0.3) is 5.91 Å². The normalized spacial score (nSPS) is 13.9. The lowest BCUT2D eigenvalue weighted by atomic mass is 10.1. The van der Waals surface area contributed by atoms with Crippen molar-refractivity contribution < 1.29 is 9.53 Å². The number of aryl methyl sites for hydroxylation is 2. The Hall–Kier alpha value is -2.40. The molecule has 2 aromatic heterocycles. The Morgan fingerprint density at radius 1 is 1.24 bits per heavy atom. The van der Waals surface area contributed by atoms with Crippen LogP contribution in [0.15, 0.2) is 36.4 Å². The number of rotatable bonds is 4. The molecule has 0 atom stereocenters. The molecule has 1 aromatic carbocycles. The zero-order chi connectivity index (χ0) is 17.6. The molecule has 1 saturated carbocycles. The molecule has 2 heterocycles. The van der Waals surface area contributed by atoms with E-state index in [4.69, 9.17) is 4.74 Å². The number of pyridine rings is 1. The summed E-state index contributed by atoms with van der Waals surface area (Å²) >= 11 is 1.46. The number of benzene rings is 1. The summed E-state index contributed by atoms with van der Waals surface area (Å²) in [5.41, 5.74) is 2.86. The molecule has 1 aliphatic rings. The molecule has 128 valence electrons.